The predicted octanol–water partition coefficient (Wildman–Crippen LogP) is 6.00. The van der Waals surface area contributed by atoms with Gasteiger partial charge in [-0.1, -0.05) is 6.07 Å². The lowest BCUT2D eigenvalue weighted by Crippen LogP contribution is -2.69. The molecule has 3 N–H and O–H groups in total. The lowest BCUT2D eigenvalue weighted by molar-refractivity contribution is -0.157. The Morgan fingerprint density at radius 3 is 2.55 bits per heavy atom. The van der Waals surface area contributed by atoms with E-state index in [0.29, 0.717) is 70.2 Å². The van der Waals surface area contributed by atoms with Crippen molar-refractivity contribution in [1.82, 2.24) is 15.1 Å². The summed E-state index contributed by atoms with van der Waals surface area (Å²) in [5.74, 6) is 1.70. The molecular formula is C46H53ClN4O12S. The van der Waals surface area contributed by atoms with Crippen LogP contribution in [0, 0.1) is 25.2 Å². The number of phenols is 1. The number of esters is 1. The van der Waals surface area contributed by atoms with Gasteiger partial charge in [-0.3, -0.25) is 15.1 Å². The number of benzene rings is 3. The van der Waals surface area contributed by atoms with Gasteiger partial charge in [-0.25, -0.2) is 9.59 Å². The quantitative estimate of drug-likeness (QED) is 0.108. The molecule has 7 heterocycles. The van der Waals surface area contributed by atoms with Gasteiger partial charge in [-0.2, -0.15) is 5.26 Å². The van der Waals surface area contributed by atoms with Crippen molar-refractivity contribution in [3.05, 3.63) is 62.7 Å². The number of piperazine rings is 1. The van der Waals surface area contributed by atoms with Crippen molar-refractivity contribution in [3.63, 3.8) is 0 Å². The van der Waals surface area contributed by atoms with Gasteiger partial charge in [-0.05, 0) is 88.9 Å². The number of ether oxygens (including phenoxy) is 8. The molecule has 3 aromatic rings. The number of methoxy groups -OCH3 is 2. The topological polar surface area (TPSA) is 191 Å². The van der Waals surface area contributed by atoms with Crippen LogP contribution in [0.15, 0.2) is 18.2 Å². The first-order chi connectivity index (χ1) is 30.6. The Labute approximate surface area is 380 Å². The number of rotatable bonds is 7. The molecule has 1 spiro atoms. The molecule has 2 fully saturated rings. The number of likely N-dealkylation sites (N-methyl/N-ethyl adjacent to an activating group) is 1. The van der Waals surface area contributed by atoms with Gasteiger partial charge in [-0.15, -0.1) is 23.4 Å². The lowest BCUT2D eigenvalue weighted by atomic mass is 9.71. The van der Waals surface area contributed by atoms with Crippen LogP contribution in [0.5, 0.6) is 40.2 Å². The zero-order valence-electron chi connectivity index (χ0n) is 37.0. The minimum absolute atomic E-state index is 0.0273. The van der Waals surface area contributed by atoms with Crippen LogP contribution in [0.25, 0.3) is 0 Å². The number of alkyl halides is 1. The number of nitrogens with zero attached hydrogens (tertiary/aromatic N) is 3. The number of aryl methyl sites for hydroxylation is 1. The third-order valence-electron chi connectivity index (χ3n) is 13.4. The standard InChI is InChI=1S/C46H53ClN4O12S/c1-21-13-24-14-26-27(17-48)51-28-18-58-43(54)46(25-16-29(56-7)30(15-23(25)10-12-49-46)61-44(55)63-45(3,4)5)19-64-42(36(51)35(50(26)6)32(24)37(53)38(21)57-8)34-33(28)41-40(59-20-60-41)22(2)39(34)62-31(52)9-11-47/h13,15-16,26-28,31,35-36,42,49,52-53H,9-12,14,18-20H2,1-8H3/t26-,27-,28-,31?,35-,36?,42+,46+/m0/s1. The number of aromatic hydroxyl groups is 1. The summed E-state index contributed by atoms with van der Waals surface area (Å²) in [4.78, 5) is 32.3. The summed E-state index contributed by atoms with van der Waals surface area (Å²) in [6, 6.07) is 5.19. The van der Waals surface area contributed by atoms with Gasteiger partial charge in [0.1, 0.15) is 24.0 Å². The second-order valence-corrected chi connectivity index (χ2v) is 19.6. The van der Waals surface area contributed by atoms with Crippen molar-refractivity contribution in [2.24, 2.45) is 0 Å². The second kappa shape index (κ2) is 16.6. The normalized spacial score (nSPS) is 27.2. The molecule has 16 nitrogen and oxygen atoms in total. The van der Waals surface area contributed by atoms with Gasteiger partial charge in [0.05, 0.1) is 37.6 Å². The summed E-state index contributed by atoms with van der Waals surface area (Å²) < 4.78 is 48.2. The van der Waals surface area contributed by atoms with E-state index in [1.54, 1.807) is 32.9 Å². The fraction of sp³-hybridized carbons (Fsp3) is 0.543. The average Bonchev–Trinajstić information content (AvgIpc) is 3.73. The van der Waals surface area contributed by atoms with Gasteiger partial charge < -0.3 is 48.1 Å². The van der Waals surface area contributed by atoms with Crippen molar-refractivity contribution < 1.29 is 57.7 Å². The highest BCUT2D eigenvalue weighted by atomic mass is 35.5. The first-order valence-electron chi connectivity index (χ1n) is 21.4. The number of phenolic OH excluding ortho intramolecular Hbond substituents is 1. The highest BCUT2D eigenvalue weighted by Gasteiger charge is 2.62. The molecule has 18 heteroatoms. The third-order valence-corrected chi connectivity index (χ3v) is 15.1. The maximum atomic E-state index is 15.1. The fourth-order valence-electron chi connectivity index (χ4n) is 10.8. The smallest absolute Gasteiger partial charge is 0.504 e. The number of halogens is 1. The van der Waals surface area contributed by atoms with E-state index in [1.807, 2.05) is 27.0 Å². The van der Waals surface area contributed by atoms with Gasteiger partial charge in [0.25, 0.3) is 0 Å². The minimum Gasteiger partial charge on any atom is -0.504 e. The molecule has 0 aliphatic carbocycles. The summed E-state index contributed by atoms with van der Waals surface area (Å²) in [6.07, 6.45) is -1.09. The molecule has 7 aliphatic heterocycles. The number of fused-ring (bicyclic) bond motifs is 9. The molecule has 0 aromatic heterocycles. The van der Waals surface area contributed by atoms with Crippen molar-refractivity contribution in [2.75, 3.05) is 52.8 Å². The number of carbonyl (C=O) groups is 2. The van der Waals surface area contributed by atoms with Gasteiger partial charge in [0.2, 0.25) is 6.79 Å². The fourth-order valence-corrected chi connectivity index (χ4v) is 12.7. The van der Waals surface area contributed by atoms with E-state index in [-0.39, 0.29) is 54.7 Å². The van der Waals surface area contributed by atoms with Crippen LogP contribution in [-0.4, -0.2) is 115 Å². The van der Waals surface area contributed by atoms with E-state index in [2.05, 4.69) is 21.2 Å². The number of carbonyl (C=O) groups excluding carboxylic acids is 2. The van der Waals surface area contributed by atoms with Crippen LogP contribution in [0.4, 0.5) is 4.79 Å². The van der Waals surface area contributed by atoms with Crippen LogP contribution >= 0.6 is 23.4 Å². The lowest BCUT2D eigenvalue weighted by Gasteiger charge is -2.62. The molecule has 0 amide bonds. The van der Waals surface area contributed by atoms with E-state index >= 15 is 4.79 Å². The summed E-state index contributed by atoms with van der Waals surface area (Å²) in [6.45, 7) is 9.05. The summed E-state index contributed by atoms with van der Waals surface area (Å²) >= 11 is 7.61. The van der Waals surface area contributed by atoms with E-state index < -0.39 is 59.0 Å². The van der Waals surface area contributed by atoms with Crippen molar-refractivity contribution in [1.29, 1.82) is 5.26 Å². The van der Waals surface area contributed by atoms with E-state index in [4.69, 9.17) is 49.5 Å². The first kappa shape index (κ1) is 44.4. The molecule has 8 atom stereocenters. The highest BCUT2D eigenvalue weighted by molar-refractivity contribution is 7.99. The molecule has 7 aliphatic rings. The zero-order chi connectivity index (χ0) is 45.6. The Kier molecular flexibility index (Phi) is 11.5. The molecule has 0 radical (unpaired) electrons. The number of nitriles is 1. The number of hydrogen-bond donors (Lipinski definition) is 3. The van der Waals surface area contributed by atoms with E-state index in [9.17, 15) is 20.3 Å². The Hall–Kier alpha value is -4.83. The van der Waals surface area contributed by atoms with Crippen LogP contribution in [0.3, 0.4) is 0 Å². The molecule has 2 unspecified atom stereocenters. The summed E-state index contributed by atoms with van der Waals surface area (Å²) in [5, 5.41) is 37.7. The largest absolute Gasteiger partial charge is 0.514 e. The Morgan fingerprint density at radius 2 is 1.84 bits per heavy atom. The van der Waals surface area contributed by atoms with Crippen molar-refractivity contribution >= 4 is 35.5 Å². The molecule has 0 saturated carbocycles. The Bertz CT molecular complexity index is 2460. The van der Waals surface area contributed by atoms with Crippen LogP contribution in [0.1, 0.15) is 89.0 Å². The minimum atomic E-state index is -1.45. The second-order valence-electron chi connectivity index (χ2n) is 18.1. The molecule has 2 saturated heterocycles. The summed E-state index contributed by atoms with van der Waals surface area (Å²) in [5.41, 5.74) is 3.40. The number of hydrogen-bond acceptors (Lipinski definition) is 17. The SMILES string of the molecule is COc1cc2c(cc1OC(=O)OC(C)(C)C)CCN[C@]21CS[C@@H]2c3c(OC(O)CCCl)c(C)c4c(c3[C@H](COC1=O)N1C2[C@@H]2c3c(cc(C)c(OC)c3O)C[C@@H]([C@@H]1C#N)N2C)OCO4. The number of nitrogens with one attached hydrogen (secondary N) is 1. The first-order valence-corrected chi connectivity index (χ1v) is 23.0. The van der Waals surface area contributed by atoms with Crippen LogP contribution in [0.2, 0.25) is 0 Å². The monoisotopic (exact) mass is 920 g/mol. The van der Waals surface area contributed by atoms with Crippen molar-refractivity contribution in [2.45, 2.75) is 107 Å². The predicted molar refractivity (Wildman–Crippen MR) is 234 cm³/mol. The summed E-state index contributed by atoms with van der Waals surface area (Å²) in [7, 11) is 4.97. The molecule has 10 rings (SSSR count). The number of thioether (sulfide) groups is 1. The van der Waals surface area contributed by atoms with Crippen LogP contribution in [-0.2, 0) is 32.6 Å². The number of aliphatic hydroxyl groups excluding tert-OH is 1. The molecular weight excluding hydrogens is 868 g/mol. The highest BCUT2D eigenvalue weighted by Crippen LogP contribution is 2.65. The molecule has 3 aromatic carbocycles. The van der Waals surface area contributed by atoms with Crippen LogP contribution < -0.4 is 33.7 Å². The molecule has 342 valence electrons. The van der Waals surface area contributed by atoms with Crippen molar-refractivity contribution in [3.8, 4) is 46.3 Å². The maximum Gasteiger partial charge on any atom is 0.514 e. The number of aliphatic hydroxyl groups is 1. The van der Waals surface area contributed by atoms with E-state index in [0.717, 1.165) is 16.7 Å². The third kappa shape index (κ3) is 6.94. The van der Waals surface area contributed by atoms with Gasteiger partial charge in [0.15, 0.2) is 46.3 Å². The van der Waals surface area contributed by atoms with Gasteiger partial charge in [0, 0.05) is 58.9 Å². The zero-order valence-corrected chi connectivity index (χ0v) is 38.6. The average molecular weight is 921 g/mol. The molecule has 64 heavy (non-hydrogen) atoms. The Morgan fingerprint density at radius 1 is 1.08 bits per heavy atom. The maximum absolute atomic E-state index is 15.1. The van der Waals surface area contributed by atoms with E-state index in [1.165, 1.54) is 26.0 Å². The van der Waals surface area contributed by atoms with Gasteiger partial charge >= 0.3 is 12.1 Å². The Balaban J connectivity index is 1.27. The molecule has 4 bridgehead atoms.